The Morgan fingerprint density at radius 2 is 1.64 bits per heavy atom. The third-order valence-corrected chi connectivity index (χ3v) is 4.86. The molecule has 0 aromatic heterocycles. The summed E-state index contributed by atoms with van der Waals surface area (Å²) in [4.78, 5) is 0.708. The zero-order valence-corrected chi connectivity index (χ0v) is 17.1. The van der Waals surface area contributed by atoms with E-state index in [2.05, 4.69) is 48.6 Å². The molecule has 0 spiro atoms. The van der Waals surface area contributed by atoms with Gasteiger partial charge >= 0.3 is 0 Å². The van der Waals surface area contributed by atoms with Crippen molar-refractivity contribution in [2.45, 2.75) is 20.0 Å². The highest BCUT2D eigenvalue weighted by molar-refractivity contribution is 7.80. The lowest BCUT2D eigenvalue weighted by Crippen LogP contribution is -2.24. The molecular weight excluding hydrogens is 366 g/mol. The highest BCUT2D eigenvalue weighted by atomic mass is 32.1. The molecule has 0 amide bonds. The average molecular weight is 392 g/mol. The Morgan fingerprint density at radius 3 is 2.36 bits per heavy atom. The SMILES string of the molecule is COc1cc(C(=S)NCCc2ccccc2)ccc1OCc1ccc(C)cc1. The molecule has 0 aliphatic heterocycles. The van der Waals surface area contributed by atoms with Crippen LogP contribution in [0.1, 0.15) is 22.3 Å². The summed E-state index contributed by atoms with van der Waals surface area (Å²) >= 11 is 5.53. The summed E-state index contributed by atoms with van der Waals surface area (Å²) in [6, 6.07) is 24.5. The number of rotatable bonds is 8. The van der Waals surface area contributed by atoms with Crippen molar-refractivity contribution in [2.75, 3.05) is 13.7 Å². The quantitative estimate of drug-likeness (QED) is 0.542. The van der Waals surface area contributed by atoms with Crippen LogP contribution in [-0.4, -0.2) is 18.6 Å². The van der Waals surface area contributed by atoms with Gasteiger partial charge in [0.25, 0.3) is 0 Å². The molecule has 0 fully saturated rings. The number of ether oxygens (including phenoxy) is 2. The van der Waals surface area contributed by atoms with Crippen LogP contribution in [0.4, 0.5) is 0 Å². The number of benzene rings is 3. The van der Waals surface area contributed by atoms with Gasteiger partial charge in [0.1, 0.15) is 11.6 Å². The number of thiocarbonyl (C=S) groups is 1. The highest BCUT2D eigenvalue weighted by Crippen LogP contribution is 2.29. The normalized spacial score (nSPS) is 10.4. The molecule has 0 bridgehead atoms. The molecule has 3 nitrogen and oxygen atoms in total. The van der Waals surface area contributed by atoms with Gasteiger partial charge in [-0.25, -0.2) is 0 Å². The largest absolute Gasteiger partial charge is 0.493 e. The lowest BCUT2D eigenvalue weighted by molar-refractivity contribution is 0.284. The van der Waals surface area contributed by atoms with Crippen LogP contribution >= 0.6 is 12.2 Å². The van der Waals surface area contributed by atoms with Gasteiger partial charge in [0, 0.05) is 12.1 Å². The Morgan fingerprint density at radius 1 is 0.893 bits per heavy atom. The molecule has 0 aliphatic rings. The summed E-state index contributed by atoms with van der Waals surface area (Å²) in [6.45, 7) is 3.36. The van der Waals surface area contributed by atoms with Crippen molar-refractivity contribution < 1.29 is 9.47 Å². The predicted octanol–water partition coefficient (Wildman–Crippen LogP) is 5.09. The lowest BCUT2D eigenvalue weighted by Gasteiger charge is -2.14. The summed E-state index contributed by atoms with van der Waals surface area (Å²) in [5.74, 6) is 1.38. The second-order valence-electron chi connectivity index (χ2n) is 6.63. The number of hydrogen-bond acceptors (Lipinski definition) is 3. The Bertz CT molecular complexity index is 908. The minimum absolute atomic E-state index is 0.496. The molecule has 0 unspecified atom stereocenters. The maximum atomic E-state index is 5.94. The molecule has 144 valence electrons. The Hall–Kier alpha value is -2.85. The van der Waals surface area contributed by atoms with Gasteiger partial charge in [-0.3, -0.25) is 0 Å². The zero-order valence-electron chi connectivity index (χ0n) is 16.3. The fraction of sp³-hybridized carbons (Fsp3) is 0.208. The van der Waals surface area contributed by atoms with Crippen molar-refractivity contribution >= 4 is 17.2 Å². The van der Waals surface area contributed by atoms with Crippen molar-refractivity contribution in [1.29, 1.82) is 0 Å². The van der Waals surface area contributed by atoms with Crippen LogP contribution in [-0.2, 0) is 13.0 Å². The van der Waals surface area contributed by atoms with Crippen molar-refractivity contribution in [3.05, 3.63) is 95.1 Å². The third-order valence-electron chi connectivity index (χ3n) is 4.48. The molecule has 0 saturated carbocycles. The third kappa shape index (κ3) is 5.57. The van der Waals surface area contributed by atoms with Crippen LogP contribution in [0.3, 0.4) is 0 Å². The minimum Gasteiger partial charge on any atom is -0.493 e. The first-order chi connectivity index (χ1) is 13.7. The van der Waals surface area contributed by atoms with E-state index in [0.717, 1.165) is 24.1 Å². The topological polar surface area (TPSA) is 30.5 Å². The van der Waals surface area contributed by atoms with E-state index >= 15 is 0 Å². The number of nitrogens with one attached hydrogen (secondary N) is 1. The summed E-state index contributed by atoms with van der Waals surface area (Å²) in [7, 11) is 1.64. The summed E-state index contributed by atoms with van der Waals surface area (Å²) in [5.41, 5.74) is 4.56. The minimum atomic E-state index is 0.496. The monoisotopic (exact) mass is 391 g/mol. The lowest BCUT2D eigenvalue weighted by atomic mass is 10.1. The van der Waals surface area contributed by atoms with Crippen LogP contribution in [0, 0.1) is 6.92 Å². The van der Waals surface area contributed by atoms with E-state index < -0.39 is 0 Å². The number of aryl methyl sites for hydroxylation is 1. The second kappa shape index (κ2) is 9.90. The second-order valence-corrected chi connectivity index (χ2v) is 7.04. The fourth-order valence-corrected chi connectivity index (χ4v) is 3.07. The van der Waals surface area contributed by atoms with Crippen LogP contribution < -0.4 is 14.8 Å². The molecular formula is C24H25NO2S. The van der Waals surface area contributed by atoms with Crippen LogP contribution in [0.25, 0.3) is 0 Å². The maximum Gasteiger partial charge on any atom is 0.161 e. The van der Waals surface area contributed by atoms with Gasteiger partial charge in [0.2, 0.25) is 0 Å². The van der Waals surface area contributed by atoms with Gasteiger partial charge in [-0.2, -0.15) is 0 Å². The molecule has 1 N–H and O–H groups in total. The van der Waals surface area contributed by atoms with E-state index in [1.165, 1.54) is 11.1 Å². The maximum absolute atomic E-state index is 5.94. The Kier molecular flexibility index (Phi) is 7.04. The molecule has 0 aliphatic carbocycles. The smallest absolute Gasteiger partial charge is 0.161 e. The molecule has 3 rings (SSSR count). The Labute approximate surface area is 172 Å². The van der Waals surface area contributed by atoms with Gasteiger partial charge in [0.15, 0.2) is 11.5 Å². The molecule has 28 heavy (non-hydrogen) atoms. The predicted molar refractivity (Wildman–Crippen MR) is 118 cm³/mol. The summed E-state index contributed by atoms with van der Waals surface area (Å²) in [5, 5.41) is 3.32. The van der Waals surface area contributed by atoms with Crippen molar-refractivity contribution in [3.63, 3.8) is 0 Å². The van der Waals surface area contributed by atoms with E-state index in [1.807, 2.05) is 36.4 Å². The van der Waals surface area contributed by atoms with Crippen LogP contribution in [0.5, 0.6) is 11.5 Å². The summed E-state index contributed by atoms with van der Waals surface area (Å²) in [6.07, 6.45) is 0.926. The first kappa shape index (κ1) is 19.9. The van der Waals surface area contributed by atoms with E-state index in [0.29, 0.717) is 23.1 Å². The van der Waals surface area contributed by atoms with Crippen LogP contribution in [0.2, 0.25) is 0 Å². The molecule has 3 aromatic rings. The van der Waals surface area contributed by atoms with Crippen LogP contribution in [0.15, 0.2) is 72.8 Å². The van der Waals surface area contributed by atoms with Gasteiger partial charge in [-0.1, -0.05) is 72.4 Å². The van der Waals surface area contributed by atoms with Gasteiger partial charge in [0.05, 0.1) is 7.11 Å². The van der Waals surface area contributed by atoms with Gasteiger partial charge < -0.3 is 14.8 Å². The molecule has 4 heteroatoms. The summed E-state index contributed by atoms with van der Waals surface area (Å²) < 4.78 is 11.4. The van der Waals surface area contributed by atoms with E-state index in [9.17, 15) is 0 Å². The van der Waals surface area contributed by atoms with Crippen molar-refractivity contribution in [3.8, 4) is 11.5 Å². The molecule has 0 saturated heterocycles. The Balaban J connectivity index is 1.58. The molecule has 0 radical (unpaired) electrons. The number of hydrogen-bond donors (Lipinski definition) is 1. The zero-order chi connectivity index (χ0) is 19.8. The van der Waals surface area contributed by atoms with Crippen molar-refractivity contribution in [1.82, 2.24) is 5.32 Å². The van der Waals surface area contributed by atoms with E-state index in [1.54, 1.807) is 7.11 Å². The average Bonchev–Trinajstić information content (AvgIpc) is 2.74. The van der Waals surface area contributed by atoms with E-state index in [-0.39, 0.29) is 0 Å². The molecule has 3 aromatic carbocycles. The molecule has 0 atom stereocenters. The molecule has 0 heterocycles. The first-order valence-electron chi connectivity index (χ1n) is 9.34. The first-order valence-corrected chi connectivity index (χ1v) is 9.75. The highest BCUT2D eigenvalue weighted by Gasteiger charge is 2.09. The fourth-order valence-electron chi connectivity index (χ4n) is 2.84. The van der Waals surface area contributed by atoms with Crippen molar-refractivity contribution in [2.24, 2.45) is 0 Å². The van der Waals surface area contributed by atoms with Gasteiger partial charge in [-0.15, -0.1) is 0 Å². The number of methoxy groups -OCH3 is 1. The van der Waals surface area contributed by atoms with E-state index in [4.69, 9.17) is 21.7 Å². The standard InChI is InChI=1S/C24H25NO2S/c1-18-8-10-20(11-9-18)17-27-22-13-12-21(16-23(22)26-2)24(28)25-15-14-19-6-4-3-5-7-19/h3-13,16H,14-15,17H2,1-2H3,(H,25,28). The van der Waals surface area contributed by atoms with Gasteiger partial charge in [-0.05, 0) is 42.7 Å².